The number of aryl methyl sites for hydroxylation is 1. The van der Waals surface area contributed by atoms with Crippen LogP contribution in [-0.2, 0) is 0 Å². The summed E-state index contributed by atoms with van der Waals surface area (Å²) in [7, 11) is 0. The summed E-state index contributed by atoms with van der Waals surface area (Å²) in [6, 6.07) is 5.86. The van der Waals surface area contributed by atoms with Gasteiger partial charge in [-0.25, -0.2) is 0 Å². The molecule has 1 saturated heterocycles. The number of carbonyl (C=O) groups is 1. The van der Waals surface area contributed by atoms with Crippen molar-refractivity contribution >= 4 is 11.6 Å². The van der Waals surface area contributed by atoms with Gasteiger partial charge >= 0.3 is 0 Å². The molecule has 1 heterocycles. The first kappa shape index (κ1) is 14.9. The van der Waals surface area contributed by atoms with Gasteiger partial charge in [-0.3, -0.25) is 4.79 Å². The first-order valence-corrected chi connectivity index (χ1v) is 7.48. The number of piperidine rings is 1. The minimum atomic E-state index is -0.347. The van der Waals surface area contributed by atoms with E-state index in [4.69, 9.17) is 5.73 Å². The molecule has 0 bridgehead atoms. The first-order chi connectivity index (χ1) is 9.61. The minimum Gasteiger partial charge on any atom is -0.371 e. The van der Waals surface area contributed by atoms with Crippen LogP contribution in [0.3, 0.4) is 0 Å². The lowest BCUT2D eigenvalue weighted by Crippen LogP contribution is -2.39. The number of amides is 1. The summed E-state index contributed by atoms with van der Waals surface area (Å²) in [5.41, 5.74) is 8.27. The highest BCUT2D eigenvalue weighted by molar-refractivity contribution is 5.98. The van der Waals surface area contributed by atoms with Crippen molar-refractivity contribution in [2.24, 2.45) is 11.7 Å². The summed E-state index contributed by atoms with van der Waals surface area (Å²) >= 11 is 0. The normalized spacial score (nSPS) is 18.8. The molecular formula is C16H25N3O. The van der Waals surface area contributed by atoms with Gasteiger partial charge in [0.2, 0.25) is 0 Å². The fraction of sp³-hybridized carbons (Fsp3) is 0.562. The molecule has 20 heavy (non-hydrogen) atoms. The van der Waals surface area contributed by atoms with E-state index in [-0.39, 0.29) is 5.91 Å². The van der Waals surface area contributed by atoms with Gasteiger partial charge in [0.05, 0.1) is 5.56 Å². The number of benzene rings is 1. The number of rotatable bonds is 5. The topological polar surface area (TPSA) is 58.4 Å². The Morgan fingerprint density at radius 3 is 2.90 bits per heavy atom. The fourth-order valence-corrected chi connectivity index (χ4v) is 2.90. The summed E-state index contributed by atoms with van der Waals surface area (Å²) in [5.74, 6) is 0.296. The molecule has 1 unspecified atom stereocenters. The number of nitrogens with zero attached hydrogens (tertiary/aromatic N) is 1. The Balaban J connectivity index is 2.21. The second-order valence-electron chi connectivity index (χ2n) is 5.64. The summed E-state index contributed by atoms with van der Waals surface area (Å²) in [5, 5.41) is 3.45. The second-order valence-corrected chi connectivity index (χ2v) is 5.64. The molecule has 1 aliphatic heterocycles. The number of anilines is 1. The molecule has 2 rings (SSSR count). The van der Waals surface area contributed by atoms with E-state index in [1.165, 1.54) is 12.8 Å². The van der Waals surface area contributed by atoms with Gasteiger partial charge < -0.3 is 16.0 Å². The average Bonchev–Trinajstić information content (AvgIpc) is 2.45. The quantitative estimate of drug-likeness (QED) is 0.863. The van der Waals surface area contributed by atoms with E-state index in [1.807, 2.05) is 19.1 Å². The van der Waals surface area contributed by atoms with E-state index in [0.717, 1.165) is 37.4 Å². The van der Waals surface area contributed by atoms with Gasteiger partial charge in [-0.05, 0) is 63.4 Å². The molecule has 0 radical (unpaired) electrons. The molecule has 0 aliphatic carbocycles. The van der Waals surface area contributed by atoms with Crippen LogP contribution in [0.15, 0.2) is 18.2 Å². The number of carbonyl (C=O) groups excluding carboxylic acids is 1. The van der Waals surface area contributed by atoms with E-state index in [1.54, 1.807) is 0 Å². The van der Waals surface area contributed by atoms with Crippen LogP contribution >= 0.6 is 0 Å². The summed E-state index contributed by atoms with van der Waals surface area (Å²) in [4.78, 5) is 13.9. The van der Waals surface area contributed by atoms with Crippen LogP contribution in [0.25, 0.3) is 0 Å². The highest BCUT2D eigenvalue weighted by atomic mass is 16.1. The summed E-state index contributed by atoms with van der Waals surface area (Å²) in [6.45, 7) is 8.23. The SMILES string of the molecule is CCN(CC1CCCNC1)c1cc(C)ccc1C(N)=O. The molecule has 1 aromatic rings. The minimum absolute atomic E-state index is 0.347. The molecule has 3 N–H and O–H groups in total. The van der Waals surface area contributed by atoms with Gasteiger partial charge in [0, 0.05) is 18.8 Å². The molecule has 0 saturated carbocycles. The van der Waals surface area contributed by atoms with E-state index < -0.39 is 0 Å². The van der Waals surface area contributed by atoms with Crippen molar-refractivity contribution in [1.29, 1.82) is 0 Å². The van der Waals surface area contributed by atoms with Crippen molar-refractivity contribution < 1.29 is 4.79 Å². The predicted molar refractivity (Wildman–Crippen MR) is 83.2 cm³/mol. The number of nitrogens with two attached hydrogens (primary N) is 1. The molecular weight excluding hydrogens is 250 g/mol. The molecule has 1 fully saturated rings. The highest BCUT2D eigenvalue weighted by Gasteiger charge is 2.19. The van der Waals surface area contributed by atoms with Crippen LogP contribution in [0.2, 0.25) is 0 Å². The van der Waals surface area contributed by atoms with Crippen molar-refractivity contribution in [1.82, 2.24) is 5.32 Å². The lowest BCUT2D eigenvalue weighted by Gasteiger charge is -2.32. The van der Waals surface area contributed by atoms with Gasteiger partial charge in [0.1, 0.15) is 0 Å². The van der Waals surface area contributed by atoms with Gasteiger partial charge in [0.25, 0.3) is 5.91 Å². The Labute approximate surface area is 121 Å². The van der Waals surface area contributed by atoms with Crippen LogP contribution < -0.4 is 16.0 Å². The predicted octanol–water partition coefficient (Wildman–Crippen LogP) is 1.92. The Morgan fingerprint density at radius 2 is 2.30 bits per heavy atom. The molecule has 0 aromatic heterocycles. The number of hydrogen-bond donors (Lipinski definition) is 2. The van der Waals surface area contributed by atoms with Crippen LogP contribution in [0.5, 0.6) is 0 Å². The van der Waals surface area contributed by atoms with Crippen molar-refractivity contribution in [3.8, 4) is 0 Å². The zero-order chi connectivity index (χ0) is 14.5. The van der Waals surface area contributed by atoms with Crippen molar-refractivity contribution in [3.63, 3.8) is 0 Å². The maximum atomic E-state index is 11.6. The third-order valence-corrected chi connectivity index (χ3v) is 4.02. The zero-order valence-corrected chi connectivity index (χ0v) is 12.5. The molecule has 1 aromatic carbocycles. The van der Waals surface area contributed by atoms with Crippen molar-refractivity contribution in [3.05, 3.63) is 29.3 Å². The molecule has 1 aliphatic rings. The average molecular weight is 275 g/mol. The van der Waals surface area contributed by atoms with Gasteiger partial charge in [-0.15, -0.1) is 0 Å². The maximum absolute atomic E-state index is 11.6. The summed E-state index contributed by atoms with van der Waals surface area (Å²) in [6.07, 6.45) is 2.49. The highest BCUT2D eigenvalue weighted by Crippen LogP contribution is 2.24. The standard InChI is InChI=1S/C16H25N3O/c1-3-19(11-13-5-4-8-18-10-13)15-9-12(2)6-7-14(15)16(17)20/h6-7,9,13,18H,3-5,8,10-11H2,1-2H3,(H2,17,20). The Bertz CT molecular complexity index is 467. The van der Waals surface area contributed by atoms with E-state index in [2.05, 4.69) is 23.2 Å². The van der Waals surface area contributed by atoms with Gasteiger partial charge in [-0.2, -0.15) is 0 Å². The van der Waals surface area contributed by atoms with E-state index in [0.29, 0.717) is 11.5 Å². The molecule has 1 amide bonds. The smallest absolute Gasteiger partial charge is 0.250 e. The Kier molecular flexibility index (Phi) is 5.01. The van der Waals surface area contributed by atoms with Gasteiger partial charge in [0.15, 0.2) is 0 Å². The van der Waals surface area contributed by atoms with E-state index >= 15 is 0 Å². The van der Waals surface area contributed by atoms with E-state index in [9.17, 15) is 4.79 Å². The first-order valence-electron chi connectivity index (χ1n) is 7.48. The Hall–Kier alpha value is -1.55. The number of nitrogens with one attached hydrogen (secondary N) is 1. The van der Waals surface area contributed by atoms with Crippen LogP contribution in [-0.4, -0.2) is 32.1 Å². The maximum Gasteiger partial charge on any atom is 0.250 e. The fourth-order valence-electron chi connectivity index (χ4n) is 2.90. The van der Waals surface area contributed by atoms with Crippen LogP contribution in [0, 0.1) is 12.8 Å². The summed E-state index contributed by atoms with van der Waals surface area (Å²) < 4.78 is 0. The monoisotopic (exact) mass is 275 g/mol. The molecule has 4 heteroatoms. The van der Waals surface area contributed by atoms with Crippen molar-refractivity contribution in [2.45, 2.75) is 26.7 Å². The number of hydrogen-bond acceptors (Lipinski definition) is 3. The molecule has 4 nitrogen and oxygen atoms in total. The molecule has 1 atom stereocenters. The lowest BCUT2D eigenvalue weighted by atomic mass is 9.98. The molecule has 110 valence electrons. The third-order valence-electron chi connectivity index (χ3n) is 4.02. The van der Waals surface area contributed by atoms with Crippen LogP contribution in [0.1, 0.15) is 35.7 Å². The zero-order valence-electron chi connectivity index (χ0n) is 12.5. The largest absolute Gasteiger partial charge is 0.371 e. The van der Waals surface area contributed by atoms with Crippen LogP contribution in [0.4, 0.5) is 5.69 Å². The second kappa shape index (κ2) is 6.75. The van der Waals surface area contributed by atoms with Gasteiger partial charge in [-0.1, -0.05) is 6.07 Å². The third kappa shape index (κ3) is 3.51. The Morgan fingerprint density at radius 1 is 1.50 bits per heavy atom. The lowest BCUT2D eigenvalue weighted by molar-refractivity contribution is 0.100. The molecule has 0 spiro atoms. The van der Waals surface area contributed by atoms with Crippen molar-refractivity contribution in [2.75, 3.05) is 31.1 Å². The number of primary amides is 1.